The molecule has 0 saturated heterocycles. The largest absolute Gasteiger partial charge is 0.387 e. The molecule has 1 N–H and O–H groups in total. The third-order valence-electron chi connectivity index (χ3n) is 5.35. The Labute approximate surface area is 158 Å². The Balaban J connectivity index is 5.90. The van der Waals surface area contributed by atoms with Crippen molar-refractivity contribution in [3.05, 3.63) is 11.1 Å². The Morgan fingerprint density at radius 1 is 1.12 bits per heavy atom. The highest BCUT2D eigenvalue weighted by Gasteiger charge is 2.34. The molecule has 0 amide bonds. The molecule has 0 aromatic carbocycles. The monoisotopic (exact) mass is 366 g/mol. The lowest BCUT2D eigenvalue weighted by molar-refractivity contribution is 0.162. The predicted octanol–water partition coefficient (Wildman–Crippen LogP) is 5.97. The van der Waals surface area contributed by atoms with Crippen molar-refractivity contribution in [3.63, 3.8) is 0 Å². The summed E-state index contributed by atoms with van der Waals surface area (Å²) < 4.78 is 5.23. The van der Waals surface area contributed by atoms with E-state index in [1.807, 2.05) is 0 Å². The molecule has 2 nitrogen and oxygen atoms in total. The molecule has 0 saturated carbocycles. The minimum atomic E-state index is -1.69. The molecular weight excluding hydrogens is 324 g/mol. The molecule has 25 heavy (non-hydrogen) atoms. The van der Waals surface area contributed by atoms with E-state index >= 15 is 0 Å². The first kappa shape index (κ1) is 24.4. The lowest BCUT2D eigenvalue weighted by atomic mass is 9.90. The quantitative estimate of drug-likeness (QED) is 0.309. The molecule has 0 aliphatic heterocycles. The Morgan fingerprint density at radius 2 is 1.68 bits per heavy atom. The Morgan fingerprint density at radius 3 is 2.12 bits per heavy atom. The van der Waals surface area contributed by atoms with Gasteiger partial charge in [0, 0.05) is 19.3 Å². The normalized spacial score (nSPS) is 14.8. The maximum atomic E-state index is 10.8. The van der Waals surface area contributed by atoms with E-state index in [4.69, 9.17) is 4.74 Å². The van der Waals surface area contributed by atoms with Gasteiger partial charge in [0.2, 0.25) is 0 Å². The number of methoxy groups -OCH3 is 1. The maximum absolute atomic E-state index is 10.8. The highest BCUT2D eigenvalue weighted by Crippen LogP contribution is 2.35. The van der Waals surface area contributed by atoms with Gasteiger partial charge in [-0.2, -0.15) is 0 Å². The van der Waals surface area contributed by atoms with Gasteiger partial charge in [-0.1, -0.05) is 72.6 Å². The van der Waals surface area contributed by atoms with E-state index in [1.165, 1.54) is 5.57 Å². The molecule has 0 radical (unpaired) electrons. The zero-order valence-corrected chi connectivity index (χ0v) is 19.3. The molecule has 0 bridgehead atoms. The fourth-order valence-corrected chi connectivity index (χ4v) is 3.15. The van der Waals surface area contributed by atoms with E-state index in [9.17, 15) is 5.11 Å². The van der Waals surface area contributed by atoms with E-state index in [2.05, 4.69) is 66.1 Å². The third-order valence-corrected chi connectivity index (χ3v) is 9.85. The maximum Gasteiger partial charge on any atom is 0.138 e. The van der Waals surface area contributed by atoms with Crippen LogP contribution in [-0.4, -0.2) is 33.0 Å². The van der Waals surface area contributed by atoms with Gasteiger partial charge in [0.1, 0.15) is 8.07 Å². The van der Waals surface area contributed by atoms with Crippen LogP contribution in [0, 0.1) is 17.4 Å². The Kier molecular flexibility index (Phi) is 11.0. The van der Waals surface area contributed by atoms with Gasteiger partial charge in [-0.3, -0.25) is 0 Å². The molecule has 0 aromatic rings. The van der Waals surface area contributed by atoms with Gasteiger partial charge in [-0.05, 0) is 36.6 Å². The van der Waals surface area contributed by atoms with Crippen molar-refractivity contribution in [2.75, 3.05) is 13.7 Å². The van der Waals surface area contributed by atoms with Crippen LogP contribution in [0.1, 0.15) is 73.6 Å². The van der Waals surface area contributed by atoms with E-state index in [0.29, 0.717) is 0 Å². The average Bonchev–Trinajstić information content (AvgIpc) is 2.50. The Bertz CT molecular complexity index is 472. The molecule has 0 aromatic heterocycles. The smallest absolute Gasteiger partial charge is 0.138 e. The van der Waals surface area contributed by atoms with E-state index in [1.54, 1.807) is 7.11 Å². The lowest BCUT2D eigenvalue weighted by Gasteiger charge is -2.31. The van der Waals surface area contributed by atoms with Gasteiger partial charge < -0.3 is 9.84 Å². The molecule has 0 aliphatic rings. The first-order valence-corrected chi connectivity index (χ1v) is 12.9. The zero-order valence-electron chi connectivity index (χ0n) is 18.3. The second-order valence-electron chi connectivity index (χ2n) is 9.03. The van der Waals surface area contributed by atoms with Crippen LogP contribution in [0.25, 0.3) is 0 Å². The van der Waals surface area contributed by atoms with Gasteiger partial charge in [0.15, 0.2) is 0 Å². The van der Waals surface area contributed by atoms with Crippen molar-refractivity contribution in [2.24, 2.45) is 5.92 Å². The van der Waals surface area contributed by atoms with Gasteiger partial charge in [-0.25, -0.2) is 0 Å². The van der Waals surface area contributed by atoms with Crippen LogP contribution >= 0.6 is 0 Å². The summed E-state index contributed by atoms with van der Waals surface area (Å²) in [6.07, 6.45) is 4.84. The van der Waals surface area contributed by atoms with Gasteiger partial charge in [0.25, 0.3) is 0 Å². The molecule has 1 atom stereocenters. The predicted molar refractivity (Wildman–Crippen MR) is 113 cm³/mol. The van der Waals surface area contributed by atoms with Crippen molar-refractivity contribution in [1.29, 1.82) is 0 Å². The van der Waals surface area contributed by atoms with Crippen LogP contribution in [0.4, 0.5) is 0 Å². The number of unbranched alkanes of at least 4 members (excludes halogenated alkanes) is 1. The second kappa shape index (κ2) is 11.2. The SMILES string of the molecule is CCCC/C(CCCOC)=C(/C#C[Si](C)(C)C(C)(C)C)C(O)C(C)C. The molecule has 3 heteroatoms. The summed E-state index contributed by atoms with van der Waals surface area (Å²) in [6.45, 7) is 18.6. The van der Waals surface area contributed by atoms with Crippen molar-refractivity contribution >= 4 is 8.07 Å². The number of ether oxygens (including phenoxy) is 1. The molecule has 0 fully saturated rings. The van der Waals surface area contributed by atoms with Crippen molar-refractivity contribution in [2.45, 2.75) is 97.9 Å². The molecule has 0 aliphatic carbocycles. The van der Waals surface area contributed by atoms with Gasteiger partial charge >= 0.3 is 0 Å². The molecule has 1 unspecified atom stereocenters. The van der Waals surface area contributed by atoms with E-state index in [0.717, 1.165) is 44.3 Å². The van der Waals surface area contributed by atoms with Gasteiger partial charge in [0.05, 0.1) is 6.10 Å². The lowest BCUT2D eigenvalue weighted by Crippen LogP contribution is -2.35. The fraction of sp³-hybridized carbons (Fsp3) is 0.818. The van der Waals surface area contributed by atoms with Crippen LogP contribution in [0.2, 0.25) is 18.1 Å². The van der Waals surface area contributed by atoms with E-state index < -0.39 is 14.2 Å². The summed E-state index contributed by atoms with van der Waals surface area (Å²) in [7, 11) is 0.0519. The standard InChI is InChI=1S/C22H42O2Si/c1-10-11-13-19(14-12-16-24-7)20(21(23)18(2)3)15-17-25(8,9)22(4,5)6/h18,21,23H,10-14,16H2,1-9H3/b20-19+. The zero-order chi connectivity index (χ0) is 19.7. The minimum Gasteiger partial charge on any atom is -0.387 e. The summed E-state index contributed by atoms with van der Waals surface area (Å²) >= 11 is 0. The van der Waals surface area contributed by atoms with Crippen LogP contribution in [0.5, 0.6) is 0 Å². The van der Waals surface area contributed by atoms with Crippen LogP contribution in [0.15, 0.2) is 11.1 Å². The second-order valence-corrected chi connectivity index (χ2v) is 14.0. The first-order valence-electron chi connectivity index (χ1n) is 9.90. The number of allylic oxidation sites excluding steroid dienone is 1. The van der Waals surface area contributed by atoms with Crippen LogP contribution in [-0.2, 0) is 4.74 Å². The summed E-state index contributed by atoms with van der Waals surface area (Å²) in [5.41, 5.74) is 5.95. The van der Waals surface area contributed by atoms with Crippen LogP contribution < -0.4 is 0 Å². The minimum absolute atomic E-state index is 0.183. The van der Waals surface area contributed by atoms with E-state index in [-0.39, 0.29) is 11.0 Å². The number of aliphatic hydroxyl groups is 1. The average molecular weight is 367 g/mol. The third kappa shape index (κ3) is 8.58. The van der Waals surface area contributed by atoms with Crippen molar-refractivity contribution < 1.29 is 9.84 Å². The molecule has 0 heterocycles. The topological polar surface area (TPSA) is 29.5 Å². The van der Waals surface area contributed by atoms with Crippen molar-refractivity contribution in [3.8, 4) is 11.5 Å². The number of aliphatic hydroxyl groups excluding tert-OH is 1. The fourth-order valence-electron chi connectivity index (χ4n) is 2.33. The number of hydrogen-bond donors (Lipinski definition) is 1. The number of rotatable bonds is 9. The van der Waals surface area contributed by atoms with Crippen LogP contribution in [0.3, 0.4) is 0 Å². The molecule has 0 spiro atoms. The highest BCUT2D eigenvalue weighted by molar-refractivity contribution is 6.87. The number of hydrogen-bond acceptors (Lipinski definition) is 2. The molecule has 146 valence electrons. The van der Waals surface area contributed by atoms with Crippen molar-refractivity contribution in [1.82, 2.24) is 0 Å². The van der Waals surface area contributed by atoms with Gasteiger partial charge in [-0.15, -0.1) is 5.54 Å². The Hall–Kier alpha value is -0.563. The highest BCUT2D eigenvalue weighted by atomic mass is 28.3. The summed E-state index contributed by atoms with van der Waals surface area (Å²) in [5.74, 6) is 3.67. The molecular formula is C22H42O2Si. The first-order chi connectivity index (χ1) is 11.5. The summed E-state index contributed by atoms with van der Waals surface area (Å²) in [4.78, 5) is 0. The summed E-state index contributed by atoms with van der Waals surface area (Å²) in [6, 6.07) is 0. The molecule has 0 rings (SSSR count). The summed E-state index contributed by atoms with van der Waals surface area (Å²) in [5, 5.41) is 11.1.